The Kier molecular flexibility index (Phi) is 4.29. The molecule has 5 nitrogen and oxygen atoms in total. The highest BCUT2D eigenvalue weighted by atomic mass is 35.5. The first-order valence-corrected chi connectivity index (χ1v) is 8.46. The Morgan fingerprint density at radius 1 is 0.769 bits per heavy atom. The average Bonchev–Trinajstić information content (AvgIpc) is 2.67. The van der Waals surface area contributed by atoms with Crippen LogP contribution in [0.15, 0.2) is 73.1 Å². The molecule has 0 fully saturated rings. The number of aromatic nitrogens is 2. The van der Waals surface area contributed by atoms with Gasteiger partial charge in [-0.1, -0.05) is 48.0 Å². The van der Waals surface area contributed by atoms with Crippen molar-refractivity contribution in [2.75, 3.05) is 16.4 Å². The zero-order chi connectivity index (χ0) is 17.9. The SMILES string of the molecule is Nc1c(Nc2ccc(Cl)cc2)ncnc1Nc1cccc2ccccc12. The Balaban J connectivity index is 1.66. The summed E-state index contributed by atoms with van der Waals surface area (Å²) in [5.74, 6) is 1.08. The Morgan fingerprint density at radius 3 is 2.27 bits per heavy atom. The van der Waals surface area contributed by atoms with E-state index >= 15 is 0 Å². The molecule has 0 aliphatic carbocycles. The van der Waals surface area contributed by atoms with Gasteiger partial charge in [0.25, 0.3) is 0 Å². The quantitative estimate of drug-likeness (QED) is 0.456. The predicted molar refractivity (Wildman–Crippen MR) is 108 cm³/mol. The number of anilines is 5. The summed E-state index contributed by atoms with van der Waals surface area (Å²) in [6, 6.07) is 21.5. The van der Waals surface area contributed by atoms with E-state index in [9.17, 15) is 0 Å². The van der Waals surface area contributed by atoms with Crippen molar-refractivity contribution in [3.05, 3.63) is 78.1 Å². The minimum atomic E-state index is 0.440. The molecule has 0 aliphatic rings. The number of nitrogen functional groups attached to an aromatic ring is 1. The van der Waals surface area contributed by atoms with Crippen LogP contribution in [0.5, 0.6) is 0 Å². The Morgan fingerprint density at radius 2 is 1.46 bits per heavy atom. The van der Waals surface area contributed by atoms with Crippen LogP contribution < -0.4 is 16.4 Å². The van der Waals surface area contributed by atoms with Crippen molar-refractivity contribution in [1.29, 1.82) is 0 Å². The summed E-state index contributed by atoms with van der Waals surface area (Å²) < 4.78 is 0. The molecular formula is C20H16ClN5. The number of nitrogens with zero attached hydrogens (tertiary/aromatic N) is 2. The number of halogens is 1. The number of hydrogen-bond donors (Lipinski definition) is 3. The molecule has 0 bridgehead atoms. The second kappa shape index (κ2) is 6.90. The van der Waals surface area contributed by atoms with Crippen LogP contribution in [0.3, 0.4) is 0 Å². The van der Waals surface area contributed by atoms with Crippen LogP contribution in [0.25, 0.3) is 10.8 Å². The van der Waals surface area contributed by atoms with E-state index in [4.69, 9.17) is 17.3 Å². The van der Waals surface area contributed by atoms with Crippen LogP contribution in [0, 0.1) is 0 Å². The summed E-state index contributed by atoms with van der Waals surface area (Å²) >= 11 is 5.92. The first-order valence-electron chi connectivity index (χ1n) is 8.08. The van der Waals surface area contributed by atoms with Gasteiger partial charge in [0.1, 0.15) is 12.0 Å². The van der Waals surface area contributed by atoms with Crippen molar-refractivity contribution in [3.63, 3.8) is 0 Å². The highest BCUT2D eigenvalue weighted by Crippen LogP contribution is 2.31. The van der Waals surface area contributed by atoms with E-state index in [1.165, 1.54) is 6.33 Å². The number of benzene rings is 3. The third kappa shape index (κ3) is 3.25. The van der Waals surface area contributed by atoms with Gasteiger partial charge in [0.05, 0.1) is 0 Å². The topological polar surface area (TPSA) is 75.9 Å². The van der Waals surface area contributed by atoms with Gasteiger partial charge >= 0.3 is 0 Å². The summed E-state index contributed by atoms with van der Waals surface area (Å²) in [4.78, 5) is 8.53. The molecule has 0 radical (unpaired) electrons. The third-order valence-corrected chi connectivity index (χ3v) is 4.29. The van der Waals surface area contributed by atoms with E-state index in [1.807, 2.05) is 36.4 Å². The van der Waals surface area contributed by atoms with Crippen LogP contribution in [0.1, 0.15) is 0 Å². The molecule has 1 heterocycles. The predicted octanol–water partition coefficient (Wildman–Crippen LogP) is 5.35. The second-order valence-electron chi connectivity index (χ2n) is 5.77. The fourth-order valence-corrected chi connectivity index (χ4v) is 2.85. The molecule has 4 N–H and O–H groups in total. The molecule has 128 valence electrons. The van der Waals surface area contributed by atoms with Gasteiger partial charge in [-0.05, 0) is 35.7 Å². The van der Waals surface area contributed by atoms with Crippen molar-refractivity contribution >= 4 is 51.1 Å². The lowest BCUT2D eigenvalue weighted by molar-refractivity contribution is 1.17. The minimum absolute atomic E-state index is 0.440. The highest BCUT2D eigenvalue weighted by Gasteiger charge is 2.10. The summed E-state index contributed by atoms with van der Waals surface area (Å²) in [7, 11) is 0. The Labute approximate surface area is 155 Å². The maximum Gasteiger partial charge on any atom is 0.159 e. The van der Waals surface area contributed by atoms with Gasteiger partial charge in [0.2, 0.25) is 0 Å². The maximum absolute atomic E-state index is 6.28. The Bertz CT molecular complexity index is 1060. The van der Waals surface area contributed by atoms with E-state index in [1.54, 1.807) is 12.1 Å². The van der Waals surface area contributed by atoms with Gasteiger partial charge in [0.15, 0.2) is 11.6 Å². The van der Waals surface area contributed by atoms with Crippen LogP contribution in [-0.4, -0.2) is 9.97 Å². The summed E-state index contributed by atoms with van der Waals surface area (Å²) in [5, 5.41) is 9.41. The first kappa shape index (κ1) is 16.2. The number of rotatable bonds is 4. The molecule has 6 heteroatoms. The first-order chi connectivity index (χ1) is 12.7. The molecule has 3 aromatic carbocycles. The minimum Gasteiger partial charge on any atom is -0.393 e. The van der Waals surface area contributed by atoms with Crippen molar-refractivity contribution in [3.8, 4) is 0 Å². The van der Waals surface area contributed by atoms with Gasteiger partial charge in [-0.25, -0.2) is 9.97 Å². The molecule has 0 amide bonds. The van der Waals surface area contributed by atoms with E-state index < -0.39 is 0 Å². The number of hydrogen-bond acceptors (Lipinski definition) is 5. The molecule has 4 aromatic rings. The lowest BCUT2D eigenvalue weighted by Gasteiger charge is -2.14. The third-order valence-electron chi connectivity index (χ3n) is 4.03. The molecule has 0 spiro atoms. The van der Waals surface area contributed by atoms with Crippen LogP contribution in [0.2, 0.25) is 5.02 Å². The van der Waals surface area contributed by atoms with Gasteiger partial charge in [-0.15, -0.1) is 0 Å². The fourth-order valence-electron chi connectivity index (χ4n) is 2.73. The monoisotopic (exact) mass is 361 g/mol. The van der Waals surface area contributed by atoms with Crippen molar-refractivity contribution in [2.45, 2.75) is 0 Å². The van der Waals surface area contributed by atoms with Crippen LogP contribution >= 0.6 is 11.6 Å². The lowest BCUT2D eigenvalue weighted by atomic mass is 10.1. The van der Waals surface area contributed by atoms with Crippen LogP contribution in [0.4, 0.5) is 28.7 Å². The van der Waals surface area contributed by atoms with E-state index in [-0.39, 0.29) is 0 Å². The van der Waals surface area contributed by atoms with Gasteiger partial charge in [-0.2, -0.15) is 0 Å². The van der Waals surface area contributed by atoms with Crippen molar-refractivity contribution < 1.29 is 0 Å². The van der Waals surface area contributed by atoms with E-state index in [0.717, 1.165) is 22.1 Å². The van der Waals surface area contributed by atoms with E-state index in [2.05, 4.69) is 38.8 Å². The van der Waals surface area contributed by atoms with E-state index in [0.29, 0.717) is 22.3 Å². The van der Waals surface area contributed by atoms with Crippen LogP contribution in [-0.2, 0) is 0 Å². The van der Waals surface area contributed by atoms with Gasteiger partial charge < -0.3 is 16.4 Å². The van der Waals surface area contributed by atoms with Crippen molar-refractivity contribution in [1.82, 2.24) is 9.97 Å². The molecule has 4 rings (SSSR count). The zero-order valence-electron chi connectivity index (χ0n) is 13.8. The number of nitrogens with one attached hydrogen (secondary N) is 2. The average molecular weight is 362 g/mol. The largest absolute Gasteiger partial charge is 0.393 e. The molecule has 0 saturated carbocycles. The molecule has 0 atom stereocenters. The molecule has 0 saturated heterocycles. The molecule has 1 aromatic heterocycles. The zero-order valence-corrected chi connectivity index (χ0v) is 14.5. The molecular weight excluding hydrogens is 346 g/mol. The molecule has 0 aliphatic heterocycles. The van der Waals surface area contributed by atoms with Crippen molar-refractivity contribution in [2.24, 2.45) is 0 Å². The fraction of sp³-hybridized carbons (Fsp3) is 0. The maximum atomic E-state index is 6.28. The van der Waals surface area contributed by atoms with Gasteiger partial charge in [-0.3, -0.25) is 0 Å². The lowest BCUT2D eigenvalue weighted by Crippen LogP contribution is -2.05. The molecule has 26 heavy (non-hydrogen) atoms. The standard InChI is InChI=1S/C20H16ClN5/c21-14-8-10-15(11-9-14)25-19-18(22)20(24-12-23-19)26-17-7-3-5-13-4-1-2-6-16(13)17/h1-12H,22H2,(H2,23,24,25,26). The summed E-state index contributed by atoms with van der Waals surface area (Å²) in [5.41, 5.74) is 8.50. The molecule has 0 unspecified atom stereocenters. The number of nitrogens with two attached hydrogens (primary N) is 1. The Hall–Kier alpha value is -3.31. The summed E-state index contributed by atoms with van der Waals surface area (Å²) in [6.07, 6.45) is 1.47. The highest BCUT2D eigenvalue weighted by molar-refractivity contribution is 6.30. The number of fused-ring (bicyclic) bond motifs is 1. The normalized spacial score (nSPS) is 10.7. The van der Waals surface area contributed by atoms with Gasteiger partial charge in [0, 0.05) is 21.8 Å². The smallest absolute Gasteiger partial charge is 0.159 e. The summed E-state index contributed by atoms with van der Waals surface area (Å²) in [6.45, 7) is 0. The second-order valence-corrected chi connectivity index (χ2v) is 6.20.